The van der Waals surface area contributed by atoms with Crippen LogP contribution in [0.2, 0.25) is 0 Å². The molecule has 0 spiro atoms. The summed E-state index contributed by atoms with van der Waals surface area (Å²) < 4.78 is 44.8. The van der Waals surface area contributed by atoms with Crippen LogP contribution < -0.4 is 5.73 Å². The Morgan fingerprint density at radius 2 is 2.24 bits per heavy atom. The number of anilines is 1. The summed E-state index contributed by atoms with van der Waals surface area (Å²) in [5.41, 5.74) is 5.64. The Morgan fingerprint density at radius 3 is 2.84 bits per heavy atom. The van der Waals surface area contributed by atoms with E-state index in [2.05, 4.69) is 16.8 Å². The molecule has 2 aromatic rings. The molecule has 0 aliphatic rings. The molecule has 0 saturated carbocycles. The van der Waals surface area contributed by atoms with Gasteiger partial charge in [-0.3, -0.25) is 9.36 Å². The van der Waals surface area contributed by atoms with Gasteiger partial charge in [0.05, 0.1) is 18.6 Å². The Bertz CT molecular complexity index is 715. The Hall–Kier alpha value is -2.43. The van der Waals surface area contributed by atoms with Crippen LogP contribution in [0.15, 0.2) is 40.6 Å². The second-order valence-electron chi connectivity index (χ2n) is 4.97. The van der Waals surface area contributed by atoms with Crippen molar-refractivity contribution in [3.63, 3.8) is 0 Å². The third kappa shape index (κ3) is 5.55. The van der Waals surface area contributed by atoms with Gasteiger partial charge in [0.15, 0.2) is 5.16 Å². The molecule has 0 bridgehead atoms. The number of furan rings is 1. The van der Waals surface area contributed by atoms with Crippen molar-refractivity contribution in [3.8, 4) is 0 Å². The lowest BCUT2D eigenvalue weighted by Gasteiger charge is -2.22. The molecule has 7 nitrogen and oxygen atoms in total. The molecule has 2 aromatic heterocycles. The molecule has 0 atom stereocenters. The first kappa shape index (κ1) is 18.9. The molecule has 25 heavy (non-hydrogen) atoms. The number of hydrogen-bond donors (Lipinski definition) is 1. The topological polar surface area (TPSA) is 90.2 Å². The second-order valence-corrected chi connectivity index (χ2v) is 5.92. The molecule has 0 aliphatic carbocycles. The number of amides is 1. The molecule has 11 heteroatoms. The van der Waals surface area contributed by atoms with Crippen molar-refractivity contribution in [2.45, 2.75) is 24.4 Å². The van der Waals surface area contributed by atoms with E-state index in [1.54, 1.807) is 12.1 Å². The molecular formula is C14H16F3N5O2S. The van der Waals surface area contributed by atoms with Gasteiger partial charge in [0, 0.05) is 6.54 Å². The van der Waals surface area contributed by atoms with Crippen molar-refractivity contribution >= 4 is 23.6 Å². The summed E-state index contributed by atoms with van der Waals surface area (Å²) >= 11 is 0.955. The van der Waals surface area contributed by atoms with E-state index in [1.165, 1.54) is 16.9 Å². The zero-order valence-electron chi connectivity index (χ0n) is 13.1. The number of hydrogen-bond acceptors (Lipinski definition) is 6. The molecule has 2 heterocycles. The van der Waals surface area contributed by atoms with Gasteiger partial charge in [-0.1, -0.05) is 17.8 Å². The number of halogens is 3. The van der Waals surface area contributed by atoms with Crippen molar-refractivity contribution in [2.75, 3.05) is 18.0 Å². The molecule has 0 unspecified atom stereocenters. The largest absolute Gasteiger partial charge is 0.467 e. The minimum Gasteiger partial charge on any atom is -0.467 e. The average Bonchev–Trinajstić information content (AvgIpc) is 3.15. The number of rotatable bonds is 8. The summed E-state index contributed by atoms with van der Waals surface area (Å²) in [6, 6.07) is 3.05. The number of nitrogen functional groups attached to an aromatic ring is 1. The van der Waals surface area contributed by atoms with E-state index >= 15 is 0 Å². The number of aromatic nitrogens is 3. The molecule has 0 radical (unpaired) electrons. The highest BCUT2D eigenvalue weighted by Gasteiger charge is 2.33. The van der Waals surface area contributed by atoms with Crippen molar-refractivity contribution in [1.29, 1.82) is 0 Å². The van der Waals surface area contributed by atoms with Crippen LogP contribution in [0.25, 0.3) is 0 Å². The molecule has 1 amide bonds. The van der Waals surface area contributed by atoms with E-state index < -0.39 is 18.6 Å². The van der Waals surface area contributed by atoms with E-state index in [0.717, 1.165) is 11.8 Å². The second kappa shape index (κ2) is 8.10. The van der Waals surface area contributed by atoms with Crippen molar-refractivity contribution in [3.05, 3.63) is 36.8 Å². The first-order valence-electron chi connectivity index (χ1n) is 7.09. The molecule has 0 aliphatic heterocycles. The maximum Gasteiger partial charge on any atom is 0.406 e. The number of thioether (sulfide) groups is 1. The average molecular weight is 375 g/mol. The number of carbonyl (C=O) groups excluding carboxylic acids is 1. The number of allylic oxidation sites excluding steroid dienone is 1. The van der Waals surface area contributed by atoms with Crippen molar-refractivity contribution in [1.82, 2.24) is 19.7 Å². The highest BCUT2D eigenvalue weighted by molar-refractivity contribution is 7.99. The Balaban J connectivity index is 2.04. The van der Waals surface area contributed by atoms with Crippen LogP contribution in [0.1, 0.15) is 5.76 Å². The van der Waals surface area contributed by atoms with Gasteiger partial charge in [-0.2, -0.15) is 13.2 Å². The summed E-state index contributed by atoms with van der Waals surface area (Å²) in [7, 11) is 0. The minimum atomic E-state index is -4.51. The zero-order chi connectivity index (χ0) is 18.4. The van der Waals surface area contributed by atoms with Crippen molar-refractivity contribution in [2.24, 2.45) is 0 Å². The SMILES string of the molecule is C=CCn1c(N)nnc1SCC(=O)N(Cc1ccco1)CC(F)(F)F. The Kier molecular flexibility index (Phi) is 6.12. The molecule has 0 fully saturated rings. The van der Waals surface area contributed by atoms with Crippen LogP contribution in [-0.4, -0.2) is 44.0 Å². The van der Waals surface area contributed by atoms with Gasteiger partial charge in [0.1, 0.15) is 12.3 Å². The van der Waals surface area contributed by atoms with Crippen molar-refractivity contribution < 1.29 is 22.4 Å². The van der Waals surface area contributed by atoms with Gasteiger partial charge in [-0.15, -0.1) is 16.8 Å². The molecule has 2 rings (SSSR count). The maximum absolute atomic E-state index is 12.7. The first-order valence-corrected chi connectivity index (χ1v) is 8.08. The van der Waals surface area contributed by atoms with Crippen LogP contribution in [0.4, 0.5) is 19.1 Å². The Morgan fingerprint density at radius 1 is 1.48 bits per heavy atom. The van der Waals surface area contributed by atoms with Gasteiger partial charge in [-0.25, -0.2) is 0 Å². The molecule has 0 saturated heterocycles. The Labute approximate surface area is 145 Å². The zero-order valence-corrected chi connectivity index (χ0v) is 13.9. The van der Waals surface area contributed by atoms with E-state index in [4.69, 9.17) is 10.2 Å². The summed E-state index contributed by atoms with van der Waals surface area (Å²) in [4.78, 5) is 12.9. The van der Waals surface area contributed by atoms with Gasteiger partial charge in [-0.05, 0) is 12.1 Å². The number of carbonyl (C=O) groups is 1. The van der Waals surface area contributed by atoms with Crippen LogP contribution >= 0.6 is 11.8 Å². The van der Waals surface area contributed by atoms with E-state index in [1.807, 2.05) is 0 Å². The maximum atomic E-state index is 12.7. The summed E-state index contributed by atoms with van der Waals surface area (Å²) in [5.74, 6) is -0.545. The van der Waals surface area contributed by atoms with E-state index in [9.17, 15) is 18.0 Å². The van der Waals surface area contributed by atoms with Crippen LogP contribution in [0.5, 0.6) is 0 Å². The molecule has 0 aromatic carbocycles. The minimum absolute atomic E-state index is 0.137. The number of nitrogens with zero attached hydrogens (tertiary/aromatic N) is 4. The molecular weight excluding hydrogens is 359 g/mol. The normalized spacial score (nSPS) is 11.5. The quantitative estimate of drug-likeness (QED) is 0.563. The summed E-state index contributed by atoms with van der Waals surface area (Å²) in [6.45, 7) is 2.26. The smallest absolute Gasteiger partial charge is 0.406 e. The lowest BCUT2D eigenvalue weighted by molar-refractivity contribution is -0.161. The summed E-state index contributed by atoms with van der Waals surface area (Å²) in [6.07, 6.45) is -1.61. The van der Waals surface area contributed by atoms with Crippen LogP contribution in [0.3, 0.4) is 0 Å². The third-order valence-corrected chi connectivity index (χ3v) is 3.98. The number of alkyl halides is 3. The first-order chi connectivity index (χ1) is 11.8. The number of nitrogens with two attached hydrogens (primary N) is 1. The van der Waals surface area contributed by atoms with Crippen LogP contribution in [0, 0.1) is 0 Å². The highest BCUT2D eigenvalue weighted by atomic mass is 32.2. The van der Waals surface area contributed by atoms with Gasteiger partial charge >= 0.3 is 6.18 Å². The molecule has 136 valence electrons. The predicted octanol–water partition coefficient (Wildman–Crippen LogP) is 2.32. The lowest BCUT2D eigenvalue weighted by Crippen LogP contribution is -2.39. The fraction of sp³-hybridized carbons (Fsp3) is 0.357. The van der Waals surface area contributed by atoms with Gasteiger partial charge in [0.2, 0.25) is 11.9 Å². The fourth-order valence-electron chi connectivity index (χ4n) is 1.96. The van der Waals surface area contributed by atoms with Crippen LogP contribution in [-0.2, 0) is 17.9 Å². The third-order valence-electron chi connectivity index (χ3n) is 3.03. The standard InChI is InChI=1S/C14H16F3N5O2S/c1-2-5-22-12(18)19-20-13(22)25-8-11(23)21(9-14(15,16)17)7-10-4-3-6-24-10/h2-4,6H,1,5,7-9H2,(H2,18,19). The lowest BCUT2D eigenvalue weighted by atomic mass is 10.3. The monoisotopic (exact) mass is 375 g/mol. The fourth-order valence-corrected chi connectivity index (χ4v) is 2.82. The van der Waals surface area contributed by atoms with E-state index in [0.29, 0.717) is 16.6 Å². The summed E-state index contributed by atoms with van der Waals surface area (Å²) in [5, 5.41) is 7.82. The highest BCUT2D eigenvalue weighted by Crippen LogP contribution is 2.22. The van der Waals surface area contributed by atoms with E-state index in [-0.39, 0.29) is 24.0 Å². The predicted molar refractivity (Wildman–Crippen MR) is 85.5 cm³/mol. The molecule has 2 N–H and O–H groups in total. The van der Waals surface area contributed by atoms with Gasteiger partial charge < -0.3 is 15.1 Å². The van der Waals surface area contributed by atoms with Gasteiger partial charge in [0.25, 0.3) is 0 Å².